The largest absolute Gasteiger partial charge is 0.507 e. The fourth-order valence-electron chi connectivity index (χ4n) is 3.69. The lowest BCUT2D eigenvalue weighted by atomic mass is 9.94. The van der Waals surface area contributed by atoms with E-state index in [2.05, 4.69) is 5.10 Å². The number of carbonyl (C=O) groups is 2. The molecule has 1 aromatic heterocycles. The van der Waals surface area contributed by atoms with Gasteiger partial charge in [0.1, 0.15) is 11.6 Å². The van der Waals surface area contributed by atoms with E-state index in [1.54, 1.807) is 37.7 Å². The van der Waals surface area contributed by atoms with Gasteiger partial charge in [-0.05, 0) is 34.0 Å². The van der Waals surface area contributed by atoms with E-state index in [1.165, 1.54) is 17.0 Å². The lowest BCUT2D eigenvalue weighted by molar-refractivity contribution is -0.140. The van der Waals surface area contributed by atoms with Gasteiger partial charge in [0.05, 0.1) is 22.9 Å². The third-order valence-corrected chi connectivity index (χ3v) is 5.27. The summed E-state index contributed by atoms with van der Waals surface area (Å²) in [5.74, 6) is -2.44. The molecule has 1 fully saturated rings. The number of likely N-dealkylation sites (tertiary alicyclic amines) is 1. The van der Waals surface area contributed by atoms with Crippen LogP contribution in [-0.2, 0) is 16.6 Å². The molecule has 1 saturated heterocycles. The topological polar surface area (TPSA) is 78.7 Å². The summed E-state index contributed by atoms with van der Waals surface area (Å²) in [6.45, 7) is 4.18. The summed E-state index contributed by atoms with van der Waals surface area (Å²) in [7, 11) is 5.41. The van der Waals surface area contributed by atoms with E-state index in [9.17, 15) is 19.1 Å². The van der Waals surface area contributed by atoms with Crippen molar-refractivity contribution in [2.24, 2.45) is 7.05 Å². The van der Waals surface area contributed by atoms with E-state index in [4.69, 9.17) is 0 Å². The summed E-state index contributed by atoms with van der Waals surface area (Å²) >= 11 is 0. The molecule has 2 heterocycles. The Hall–Kier alpha value is -3.00. The van der Waals surface area contributed by atoms with Gasteiger partial charge in [-0.1, -0.05) is 18.2 Å². The molecule has 1 N–H and O–H groups in total. The SMILES string of the molecule is Cc1nn(C)c(C)c1/C(O)=C1\C(=O)C(=O)N(CCN(C)C)C1c1ccccc1F. The van der Waals surface area contributed by atoms with Crippen molar-refractivity contribution in [1.82, 2.24) is 19.6 Å². The minimum atomic E-state index is -1.00. The molecule has 1 unspecified atom stereocenters. The van der Waals surface area contributed by atoms with Crippen molar-refractivity contribution in [1.29, 1.82) is 0 Å². The number of aliphatic hydroxyl groups excluding tert-OH is 1. The molecular formula is C21H25FN4O3. The van der Waals surface area contributed by atoms with Gasteiger partial charge >= 0.3 is 0 Å². The average Bonchev–Trinajstić information content (AvgIpc) is 3.06. The number of carbonyl (C=O) groups excluding carboxylic acids is 2. The Balaban J connectivity index is 2.24. The molecule has 8 heteroatoms. The second kappa shape index (κ2) is 7.79. The predicted molar refractivity (Wildman–Crippen MR) is 107 cm³/mol. The average molecular weight is 400 g/mol. The third-order valence-electron chi connectivity index (χ3n) is 5.27. The van der Waals surface area contributed by atoms with Gasteiger partial charge in [0.2, 0.25) is 0 Å². The minimum absolute atomic E-state index is 0.113. The minimum Gasteiger partial charge on any atom is -0.507 e. The van der Waals surface area contributed by atoms with E-state index in [1.807, 2.05) is 19.0 Å². The number of likely N-dealkylation sites (N-methyl/N-ethyl adjacent to an activating group) is 1. The quantitative estimate of drug-likeness (QED) is 0.473. The van der Waals surface area contributed by atoms with Crippen molar-refractivity contribution in [2.45, 2.75) is 19.9 Å². The number of amides is 1. The molecule has 1 aliphatic heterocycles. The fourth-order valence-corrected chi connectivity index (χ4v) is 3.69. The van der Waals surface area contributed by atoms with Gasteiger partial charge in [0.15, 0.2) is 0 Å². The van der Waals surface area contributed by atoms with Gasteiger partial charge < -0.3 is 14.9 Å². The van der Waals surface area contributed by atoms with Crippen molar-refractivity contribution in [3.63, 3.8) is 0 Å². The number of aryl methyl sites for hydroxylation is 2. The molecule has 3 rings (SSSR count). The maximum atomic E-state index is 14.7. The zero-order chi connectivity index (χ0) is 21.5. The Morgan fingerprint density at radius 3 is 2.45 bits per heavy atom. The van der Waals surface area contributed by atoms with Gasteiger partial charge in [-0.15, -0.1) is 0 Å². The molecule has 0 aliphatic carbocycles. The molecule has 7 nitrogen and oxygen atoms in total. The Morgan fingerprint density at radius 1 is 1.24 bits per heavy atom. The summed E-state index contributed by atoms with van der Waals surface area (Å²) in [6.07, 6.45) is 0. The van der Waals surface area contributed by atoms with E-state index in [0.29, 0.717) is 23.5 Å². The number of benzene rings is 1. The molecule has 154 valence electrons. The van der Waals surface area contributed by atoms with Crippen molar-refractivity contribution in [3.8, 4) is 0 Å². The Morgan fingerprint density at radius 2 is 1.90 bits per heavy atom. The smallest absolute Gasteiger partial charge is 0.295 e. The van der Waals surface area contributed by atoms with Crippen LogP contribution in [0.5, 0.6) is 0 Å². The number of aromatic nitrogens is 2. The summed E-state index contributed by atoms with van der Waals surface area (Å²) in [5.41, 5.74) is 1.62. The highest BCUT2D eigenvalue weighted by Crippen LogP contribution is 2.40. The zero-order valence-corrected chi connectivity index (χ0v) is 17.2. The predicted octanol–water partition coefficient (Wildman–Crippen LogP) is 2.16. The molecular weight excluding hydrogens is 375 g/mol. The molecule has 0 saturated carbocycles. The van der Waals surface area contributed by atoms with Crippen molar-refractivity contribution in [2.75, 3.05) is 27.2 Å². The van der Waals surface area contributed by atoms with E-state index < -0.39 is 23.5 Å². The second-order valence-corrected chi connectivity index (χ2v) is 7.49. The molecule has 0 radical (unpaired) electrons. The molecule has 29 heavy (non-hydrogen) atoms. The van der Waals surface area contributed by atoms with Gasteiger partial charge in [0.25, 0.3) is 11.7 Å². The number of hydrogen-bond acceptors (Lipinski definition) is 5. The zero-order valence-electron chi connectivity index (χ0n) is 17.2. The van der Waals surface area contributed by atoms with Crippen LogP contribution in [0.4, 0.5) is 4.39 Å². The van der Waals surface area contributed by atoms with Crippen molar-refractivity contribution >= 4 is 17.4 Å². The molecule has 1 amide bonds. The van der Waals surface area contributed by atoms with Gasteiger partial charge in [-0.25, -0.2) is 4.39 Å². The van der Waals surface area contributed by atoms with Crippen LogP contribution in [0.15, 0.2) is 29.8 Å². The number of Topliss-reactive ketones (excluding diaryl/α,β-unsaturated/α-hetero) is 1. The van der Waals surface area contributed by atoms with E-state index >= 15 is 0 Å². The Bertz CT molecular complexity index is 1010. The summed E-state index contributed by atoms with van der Waals surface area (Å²) in [4.78, 5) is 28.9. The molecule has 2 aromatic rings. The number of aliphatic hydroxyl groups is 1. The highest BCUT2D eigenvalue weighted by atomic mass is 19.1. The van der Waals surface area contributed by atoms with Crippen LogP contribution in [0.2, 0.25) is 0 Å². The molecule has 0 spiro atoms. The Labute approximate surface area is 169 Å². The van der Waals surface area contributed by atoms with Gasteiger partial charge in [-0.2, -0.15) is 5.10 Å². The van der Waals surface area contributed by atoms with Crippen molar-refractivity contribution < 1.29 is 19.1 Å². The number of hydrogen-bond donors (Lipinski definition) is 1. The highest BCUT2D eigenvalue weighted by molar-refractivity contribution is 6.46. The van der Waals surface area contributed by atoms with Gasteiger partial charge in [0, 0.05) is 31.4 Å². The maximum Gasteiger partial charge on any atom is 0.295 e. The number of rotatable bonds is 5. The normalized spacial score (nSPS) is 18.9. The number of ketones is 1. The summed E-state index contributed by atoms with van der Waals surface area (Å²) < 4.78 is 16.3. The van der Waals surface area contributed by atoms with Gasteiger partial charge in [-0.3, -0.25) is 14.3 Å². The van der Waals surface area contributed by atoms with Crippen LogP contribution in [0, 0.1) is 19.7 Å². The Kier molecular flexibility index (Phi) is 5.57. The van der Waals surface area contributed by atoms with Crippen LogP contribution in [0.25, 0.3) is 5.76 Å². The standard InChI is InChI=1S/C21H25FN4O3/c1-12-16(13(2)25(5)23-12)19(27)17-18(14-8-6-7-9-15(14)22)26(11-10-24(3)4)21(29)20(17)28/h6-9,18,27H,10-11H2,1-5H3/b19-17+. The van der Waals surface area contributed by atoms with E-state index in [-0.39, 0.29) is 23.4 Å². The van der Waals surface area contributed by atoms with Crippen LogP contribution < -0.4 is 0 Å². The second-order valence-electron chi connectivity index (χ2n) is 7.49. The maximum absolute atomic E-state index is 14.7. The van der Waals surface area contributed by atoms with Crippen LogP contribution in [0.1, 0.15) is 28.6 Å². The van der Waals surface area contributed by atoms with Crippen LogP contribution in [0.3, 0.4) is 0 Å². The first-order chi connectivity index (χ1) is 13.6. The lowest BCUT2D eigenvalue weighted by Gasteiger charge is -2.26. The monoisotopic (exact) mass is 400 g/mol. The first kappa shape index (κ1) is 20.7. The highest BCUT2D eigenvalue weighted by Gasteiger charge is 2.47. The first-order valence-corrected chi connectivity index (χ1v) is 9.33. The summed E-state index contributed by atoms with van der Waals surface area (Å²) in [5, 5.41) is 15.4. The van der Waals surface area contributed by atoms with Crippen molar-refractivity contribution in [3.05, 3.63) is 58.2 Å². The summed E-state index contributed by atoms with van der Waals surface area (Å²) in [6, 6.07) is 4.99. The first-order valence-electron chi connectivity index (χ1n) is 9.33. The molecule has 1 aromatic carbocycles. The number of nitrogens with zero attached hydrogens (tertiary/aromatic N) is 4. The third kappa shape index (κ3) is 3.55. The fraction of sp³-hybridized carbons (Fsp3) is 0.381. The van der Waals surface area contributed by atoms with Crippen LogP contribution in [-0.4, -0.2) is 63.6 Å². The molecule has 1 atom stereocenters. The molecule has 0 bridgehead atoms. The lowest BCUT2D eigenvalue weighted by Crippen LogP contribution is -2.35. The van der Waals surface area contributed by atoms with Crippen LogP contribution >= 0.6 is 0 Å². The van der Waals surface area contributed by atoms with E-state index in [0.717, 1.165) is 0 Å². The molecule has 1 aliphatic rings. The number of halogens is 1.